The van der Waals surface area contributed by atoms with Crippen molar-refractivity contribution in [3.05, 3.63) is 53.2 Å². The lowest BCUT2D eigenvalue weighted by Gasteiger charge is -2.20. The Bertz CT molecular complexity index is 1130. The minimum Gasteiger partial charge on any atom is -0.530 e. The van der Waals surface area contributed by atoms with E-state index in [4.69, 9.17) is 4.18 Å². The number of carbonyl (C=O) groups excluding carboxylic acids is 1. The molecule has 1 unspecified atom stereocenters. The van der Waals surface area contributed by atoms with Crippen molar-refractivity contribution in [2.45, 2.75) is 37.4 Å². The van der Waals surface area contributed by atoms with Gasteiger partial charge in [-0.05, 0) is 42.8 Å². The standard InChI is InChI=1S/C19H22N4O5S/c1-3-4-11-20-13-5-8-15(9-6-13)29(26,27)28-14-7-10-16-17(12-14)22-19(2,21-16)23-18(24)25/h5-10,12,20,23H,3-4,11H2,1-2H3,(H,24,25)/p-1. The van der Waals surface area contributed by atoms with Gasteiger partial charge in [-0.2, -0.15) is 8.42 Å². The van der Waals surface area contributed by atoms with Gasteiger partial charge in [0.05, 0.1) is 10.7 Å². The summed E-state index contributed by atoms with van der Waals surface area (Å²) in [6.07, 6.45) is 0.575. The molecule has 0 fully saturated rings. The Kier molecular flexibility index (Phi) is 5.73. The molecule has 2 aromatic carbocycles. The van der Waals surface area contributed by atoms with Gasteiger partial charge in [-0.1, -0.05) is 13.3 Å². The summed E-state index contributed by atoms with van der Waals surface area (Å²) in [5, 5.41) is 16.8. The van der Waals surface area contributed by atoms with Gasteiger partial charge in [-0.3, -0.25) is 0 Å². The molecule has 1 aliphatic rings. The molecule has 0 aromatic heterocycles. The summed E-state index contributed by atoms with van der Waals surface area (Å²) in [6.45, 7) is 4.36. The topological polar surface area (TPSA) is 132 Å². The van der Waals surface area contributed by atoms with Crippen LogP contribution in [0.25, 0.3) is 0 Å². The highest BCUT2D eigenvalue weighted by atomic mass is 32.2. The number of benzene rings is 2. The third-order valence-corrected chi connectivity index (χ3v) is 5.43. The smallest absolute Gasteiger partial charge is 0.339 e. The molecular formula is C19H21N4O5S-. The van der Waals surface area contributed by atoms with Gasteiger partial charge < -0.3 is 24.7 Å². The van der Waals surface area contributed by atoms with E-state index in [-0.39, 0.29) is 10.6 Å². The van der Waals surface area contributed by atoms with Gasteiger partial charge in [0.1, 0.15) is 16.7 Å². The van der Waals surface area contributed by atoms with Crippen molar-refractivity contribution in [2.24, 2.45) is 9.98 Å². The molecule has 3 rings (SSSR count). The van der Waals surface area contributed by atoms with E-state index in [0.717, 1.165) is 25.1 Å². The lowest BCUT2D eigenvalue weighted by molar-refractivity contribution is -0.252. The SMILES string of the molecule is CCCCNc1ccc(S(=O)(=O)Oc2ccc3c(c2)=NC(C)(NC(=O)[O-])N=3)cc1. The van der Waals surface area contributed by atoms with Crippen molar-refractivity contribution in [3.8, 4) is 5.75 Å². The van der Waals surface area contributed by atoms with E-state index in [1.165, 1.54) is 37.3 Å². The molecule has 2 aromatic rings. The molecule has 1 aliphatic heterocycles. The number of nitrogens with one attached hydrogen (secondary N) is 2. The zero-order chi connectivity index (χ0) is 21.1. The largest absolute Gasteiger partial charge is 0.530 e. The van der Waals surface area contributed by atoms with Gasteiger partial charge in [-0.25, -0.2) is 9.98 Å². The van der Waals surface area contributed by atoms with Crippen LogP contribution in [0.5, 0.6) is 5.75 Å². The molecule has 1 atom stereocenters. The van der Waals surface area contributed by atoms with Gasteiger partial charge in [0.25, 0.3) is 0 Å². The number of carboxylic acid groups (broad SMARTS) is 1. The first-order valence-electron chi connectivity index (χ1n) is 9.08. The molecule has 0 spiro atoms. The van der Waals surface area contributed by atoms with E-state index in [1.54, 1.807) is 12.1 Å². The summed E-state index contributed by atoms with van der Waals surface area (Å²) in [5.74, 6) is -1.37. The second-order valence-corrected chi connectivity index (χ2v) is 8.20. The van der Waals surface area contributed by atoms with Gasteiger partial charge >= 0.3 is 10.1 Å². The highest BCUT2D eigenvalue weighted by Gasteiger charge is 2.25. The normalized spacial score (nSPS) is 17.6. The fourth-order valence-corrected chi connectivity index (χ4v) is 3.73. The number of amides is 1. The quantitative estimate of drug-likeness (QED) is 0.475. The summed E-state index contributed by atoms with van der Waals surface area (Å²) >= 11 is 0. The summed E-state index contributed by atoms with van der Waals surface area (Å²) in [7, 11) is -4.04. The van der Waals surface area contributed by atoms with Crippen LogP contribution in [0.3, 0.4) is 0 Å². The molecule has 0 saturated carbocycles. The van der Waals surface area contributed by atoms with Crippen molar-refractivity contribution in [2.75, 3.05) is 11.9 Å². The number of unbranched alkanes of at least 4 members (excludes halogenated alkanes) is 1. The zero-order valence-corrected chi connectivity index (χ0v) is 16.8. The molecule has 154 valence electrons. The maximum atomic E-state index is 12.6. The molecular weight excluding hydrogens is 396 g/mol. The Morgan fingerprint density at radius 3 is 2.48 bits per heavy atom. The van der Waals surface area contributed by atoms with E-state index in [0.29, 0.717) is 10.7 Å². The van der Waals surface area contributed by atoms with Crippen LogP contribution < -0.4 is 30.6 Å². The number of hydrogen-bond acceptors (Lipinski definition) is 8. The fourth-order valence-electron chi connectivity index (χ4n) is 2.81. The van der Waals surface area contributed by atoms with E-state index in [9.17, 15) is 18.3 Å². The number of rotatable bonds is 8. The first-order chi connectivity index (χ1) is 13.7. The molecule has 0 aliphatic carbocycles. The van der Waals surface area contributed by atoms with Crippen molar-refractivity contribution in [3.63, 3.8) is 0 Å². The second-order valence-electron chi connectivity index (χ2n) is 6.65. The first-order valence-corrected chi connectivity index (χ1v) is 10.5. The molecule has 1 amide bonds. The van der Waals surface area contributed by atoms with Crippen LogP contribution >= 0.6 is 0 Å². The summed E-state index contributed by atoms with van der Waals surface area (Å²) in [6, 6.07) is 10.6. The molecule has 0 saturated heterocycles. The van der Waals surface area contributed by atoms with E-state index in [1.807, 2.05) is 0 Å². The Balaban J connectivity index is 1.77. The summed E-state index contributed by atoms with van der Waals surface area (Å²) in [4.78, 5) is 19.1. The van der Waals surface area contributed by atoms with Crippen molar-refractivity contribution in [1.82, 2.24) is 5.32 Å². The predicted octanol–water partition coefficient (Wildman–Crippen LogP) is 0.526. The average Bonchev–Trinajstić information content (AvgIpc) is 2.96. The molecule has 9 nitrogen and oxygen atoms in total. The monoisotopic (exact) mass is 417 g/mol. The zero-order valence-electron chi connectivity index (χ0n) is 16.0. The van der Waals surface area contributed by atoms with Crippen LogP contribution in [0.2, 0.25) is 0 Å². The molecule has 0 radical (unpaired) electrons. The van der Waals surface area contributed by atoms with Gasteiger partial charge in [0.2, 0.25) is 5.79 Å². The van der Waals surface area contributed by atoms with Crippen LogP contribution in [-0.4, -0.2) is 26.8 Å². The van der Waals surface area contributed by atoms with Crippen molar-refractivity contribution < 1.29 is 22.5 Å². The molecule has 2 N–H and O–H groups in total. The average molecular weight is 417 g/mol. The van der Waals surface area contributed by atoms with E-state index >= 15 is 0 Å². The number of anilines is 1. The lowest BCUT2D eigenvalue weighted by Crippen LogP contribution is -2.48. The third-order valence-electron chi connectivity index (χ3n) is 4.17. The lowest BCUT2D eigenvalue weighted by atomic mass is 10.3. The summed E-state index contributed by atoms with van der Waals surface area (Å²) < 4.78 is 30.3. The number of carbonyl (C=O) groups is 1. The second kappa shape index (κ2) is 8.08. The van der Waals surface area contributed by atoms with Gasteiger partial charge in [0, 0.05) is 25.2 Å². The van der Waals surface area contributed by atoms with Gasteiger partial charge in [0.15, 0.2) is 0 Å². The summed E-state index contributed by atoms with van der Waals surface area (Å²) in [5.41, 5.74) is 0.829. The molecule has 10 heteroatoms. The maximum absolute atomic E-state index is 12.6. The Morgan fingerprint density at radius 2 is 1.83 bits per heavy atom. The number of fused-ring (bicyclic) bond motifs is 1. The van der Waals surface area contributed by atoms with Crippen LogP contribution in [0.1, 0.15) is 26.7 Å². The minimum atomic E-state index is -4.04. The molecule has 0 bridgehead atoms. The predicted molar refractivity (Wildman–Crippen MR) is 103 cm³/mol. The maximum Gasteiger partial charge on any atom is 0.339 e. The fraction of sp³-hybridized carbons (Fsp3) is 0.316. The van der Waals surface area contributed by atoms with E-state index < -0.39 is 22.0 Å². The highest BCUT2D eigenvalue weighted by molar-refractivity contribution is 7.87. The highest BCUT2D eigenvalue weighted by Crippen LogP contribution is 2.19. The van der Waals surface area contributed by atoms with Crippen molar-refractivity contribution in [1.29, 1.82) is 0 Å². The molecule has 29 heavy (non-hydrogen) atoms. The molecule has 1 heterocycles. The van der Waals surface area contributed by atoms with Gasteiger partial charge in [-0.15, -0.1) is 0 Å². The van der Waals surface area contributed by atoms with Crippen molar-refractivity contribution >= 4 is 21.9 Å². The van der Waals surface area contributed by atoms with Crippen LogP contribution in [0.4, 0.5) is 10.5 Å². The minimum absolute atomic E-state index is 0.0177. The number of nitrogens with zero attached hydrogens (tertiary/aromatic N) is 2. The van der Waals surface area contributed by atoms with Crippen LogP contribution in [0, 0.1) is 0 Å². The Labute approximate surface area is 168 Å². The Morgan fingerprint density at radius 1 is 1.14 bits per heavy atom. The third kappa shape index (κ3) is 5.02. The Hall–Kier alpha value is -3.14. The first kappa shape index (κ1) is 20.6. The van der Waals surface area contributed by atoms with E-state index in [2.05, 4.69) is 27.5 Å². The number of hydrogen-bond donors (Lipinski definition) is 2. The van der Waals surface area contributed by atoms with Crippen LogP contribution in [0.15, 0.2) is 57.3 Å². The van der Waals surface area contributed by atoms with Crippen LogP contribution in [-0.2, 0) is 10.1 Å².